The van der Waals surface area contributed by atoms with Crippen LogP contribution < -0.4 is 0 Å². The second-order valence-electron chi connectivity index (χ2n) is 5.82. The topological polar surface area (TPSA) is 37.3 Å². The van der Waals surface area contributed by atoms with Gasteiger partial charge < -0.3 is 5.11 Å². The van der Waals surface area contributed by atoms with Gasteiger partial charge in [-0.1, -0.05) is 13.3 Å². The van der Waals surface area contributed by atoms with Crippen LogP contribution in [0.25, 0.3) is 0 Å². The molecule has 1 aromatic carbocycles. The van der Waals surface area contributed by atoms with Crippen molar-refractivity contribution in [1.29, 1.82) is 0 Å². The van der Waals surface area contributed by atoms with Crippen molar-refractivity contribution >= 4 is 21.9 Å². The van der Waals surface area contributed by atoms with Crippen LogP contribution in [-0.4, -0.2) is 11.1 Å². The maximum absolute atomic E-state index is 14.1. The summed E-state index contributed by atoms with van der Waals surface area (Å²) < 4.78 is 28.2. The molecule has 1 aliphatic carbocycles. The van der Waals surface area contributed by atoms with Crippen LogP contribution in [0.1, 0.15) is 38.2 Å². The van der Waals surface area contributed by atoms with Gasteiger partial charge in [-0.2, -0.15) is 0 Å². The number of rotatable bonds is 4. The van der Waals surface area contributed by atoms with Crippen molar-refractivity contribution in [2.75, 3.05) is 0 Å². The monoisotopic (exact) mass is 360 g/mol. The van der Waals surface area contributed by atoms with Crippen LogP contribution in [0.5, 0.6) is 0 Å². The van der Waals surface area contributed by atoms with Gasteiger partial charge in [0, 0.05) is 5.56 Å². The third-order valence-electron chi connectivity index (χ3n) is 4.59. The quantitative estimate of drug-likeness (QED) is 0.783. The highest BCUT2D eigenvalue weighted by Crippen LogP contribution is 2.38. The molecule has 5 heteroatoms. The van der Waals surface area contributed by atoms with Crippen LogP contribution in [0, 0.1) is 29.4 Å². The molecule has 0 aliphatic heterocycles. The highest BCUT2D eigenvalue weighted by Gasteiger charge is 2.35. The molecular weight excluding hydrogens is 342 g/mol. The highest BCUT2D eigenvalue weighted by atomic mass is 79.9. The van der Waals surface area contributed by atoms with E-state index in [2.05, 4.69) is 22.9 Å². The van der Waals surface area contributed by atoms with Gasteiger partial charge in [0.15, 0.2) is 0 Å². The van der Waals surface area contributed by atoms with Crippen LogP contribution in [0.4, 0.5) is 8.78 Å². The minimum atomic E-state index is -0.856. The Kier molecular flexibility index (Phi) is 5.36. The van der Waals surface area contributed by atoms with Crippen LogP contribution in [0.3, 0.4) is 0 Å². The Balaban J connectivity index is 2.26. The lowest BCUT2D eigenvalue weighted by molar-refractivity contribution is -0.145. The number of aliphatic carboxylic acids is 1. The maximum atomic E-state index is 14.1. The molecular formula is C16H19BrF2O2. The Bertz CT molecular complexity index is 533. The normalized spacial score (nSPS) is 25.8. The number of carbonyl (C=O) groups is 1. The molecule has 1 aliphatic rings. The third-order valence-corrected chi connectivity index (χ3v) is 5.20. The molecule has 0 amide bonds. The first-order chi connectivity index (χ1) is 9.93. The van der Waals surface area contributed by atoms with Gasteiger partial charge in [-0.05, 0) is 65.6 Å². The Morgan fingerprint density at radius 2 is 2.10 bits per heavy atom. The van der Waals surface area contributed by atoms with Gasteiger partial charge >= 0.3 is 5.97 Å². The van der Waals surface area contributed by atoms with Crippen molar-refractivity contribution in [1.82, 2.24) is 0 Å². The number of hydrogen-bond donors (Lipinski definition) is 1. The fourth-order valence-corrected chi connectivity index (χ4v) is 3.67. The van der Waals surface area contributed by atoms with E-state index in [1.165, 1.54) is 12.1 Å². The van der Waals surface area contributed by atoms with E-state index in [1.807, 2.05) is 0 Å². The van der Waals surface area contributed by atoms with E-state index in [1.54, 1.807) is 0 Å². The molecule has 1 aromatic rings. The van der Waals surface area contributed by atoms with Gasteiger partial charge in [-0.15, -0.1) is 0 Å². The molecule has 1 fully saturated rings. The Morgan fingerprint density at radius 1 is 1.38 bits per heavy atom. The van der Waals surface area contributed by atoms with Gasteiger partial charge in [0.25, 0.3) is 0 Å². The second-order valence-corrected chi connectivity index (χ2v) is 6.67. The van der Waals surface area contributed by atoms with Gasteiger partial charge in [0.1, 0.15) is 11.6 Å². The fraction of sp³-hybridized carbons (Fsp3) is 0.562. The smallest absolute Gasteiger partial charge is 0.306 e. The zero-order valence-corrected chi connectivity index (χ0v) is 13.5. The third kappa shape index (κ3) is 3.62. The molecule has 3 atom stereocenters. The molecule has 2 nitrogen and oxygen atoms in total. The fourth-order valence-electron chi connectivity index (χ4n) is 3.30. The van der Waals surface area contributed by atoms with Crippen molar-refractivity contribution < 1.29 is 18.7 Å². The molecule has 0 bridgehead atoms. The van der Waals surface area contributed by atoms with E-state index >= 15 is 0 Å². The molecule has 116 valence electrons. The Morgan fingerprint density at radius 3 is 2.71 bits per heavy atom. The van der Waals surface area contributed by atoms with E-state index in [0.717, 1.165) is 19.3 Å². The zero-order valence-electron chi connectivity index (χ0n) is 11.9. The van der Waals surface area contributed by atoms with Crippen molar-refractivity contribution in [2.45, 2.75) is 39.0 Å². The molecule has 1 N–H and O–H groups in total. The van der Waals surface area contributed by atoms with E-state index in [9.17, 15) is 18.7 Å². The van der Waals surface area contributed by atoms with E-state index in [-0.39, 0.29) is 22.4 Å². The number of hydrogen-bond acceptors (Lipinski definition) is 1. The first kappa shape index (κ1) is 16.4. The number of carboxylic acid groups (broad SMARTS) is 1. The number of carboxylic acids is 1. The predicted molar refractivity (Wildman–Crippen MR) is 80.0 cm³/mol. The maximum Gasteiger partial charge on any atom is 0.306 e. The average molecular weight is 361 g/mol. The summed E-state index contributed by atoms with van der Waals surface area (Å²) in [5.41, 5.74) is -0.00243. The lowest BCUT2D eigenvalue weighted by Gasteiger charge is -2.33. The molecule has 0 saturated heterocycles. The summed E-state index contributed by atoms with van der Waals surface area (Å²) in [5.74, 6) is -2.34. The first-order valence-corrected chi connectivity index (χ1v) is 8.08. The van der Waals surface area contributed by atoms with E-state index in [0.29, 0.717) is 12.3 Å². The Hall–Kier alpha value is -0.970. The van der Waals surface area contributed by atoms with Gasteiger partial charge in [0.2, 0.25) is 0 Å². The molecule has 2 rings (SSSR count). The largest absolute Gasteiger partial charge is 0.481 e. The molecule has 0 spiro atoms. The minimum absolute atomic E-state index is 0.00243. The van der Waals surface area contributed by atoms with Crippen molar-refractivity contribution in [3.8, 4) is 0 Å². The molecule has 1 saturated carbocycles. The summed E-state index contributed by atoms with van der Waals surface area (Å²) in [6.45, 7) is 2.07. The highest BCUT2D eigenvalue weighted by molar-refractivity contribution is 9.10. The van der Waals surface area contributed by atoms with Crippen LogP contribution >= 0.6 is 15.9 Å². The van der Waals surface area contributed by atoms with Gasteiger partial charge in [0.05, 0.1) is 10.4 Å². The molecule has 0 heterocycles. The van der Waals surface area contributed by atoms with E-state index in [4.69, 9.17) is 0 Å². The van der Waals surface area contributed by atoms with Gasteiger partial charge in [-0.25, -0.2) is 8.78 Å². The summed E-state index contributed by atoms with van der Waals surface area (Å²) in [7, 11) is 0. The second kappa shape index (κ2) is 6.86. The van der Waals surface area contributed by atoms with Crippen molar-refractivity contribution in [3.63, 3.8) is 0 Å². The lowest BCUT2D eigenvalue weighted by atomic mass is 9.71. The minimum Gasteiger partial charge on any atom is -0.481 e. The summed E-state index contributed by atoms with van der Waals surface area (Å²) in [6.07, 6.45) is 3.32. The molecule has 21 heavy (non-hydrogen) atoms. The average Bonchev–Trinajstić information content (AvgIpc) is 2.47. The zero-order chi connectivity index (χ0) is 15.6. The summed E-state index contributed by atoms with van der Waals surface area (Å²) in [5, 5.41) is 9.34. The van der Waals surface area contributed by atoms with Crippen LogP contribution in [0.2, 0.25) is 0 Å². The molecule has 0 aromatic heterocycles. The Labute approximate surface area is 131 Å². The van der Waals surface area contributed by atoms with E-state index < -0.39 is 23.5 Å². The predicted octanol–water partition coefficient (Wildman–Crippen LogP) is 4.80. The first-order valence-electron chi connectivity index (χ1n) is 7.29. The van der Waals surface area contributed by atoms with Crippen molar-refractivity contribution in [2.24, 2.45) is 17.8 Å². The number of benzene rings is 1. The standard InChI is InChI=1S/C16H19BrF2O2/c1-2-9-3-4-11(16(20)21)10(7-9)8-12-14(18)6-5-13(17)15(12)19/h5-6,9-11H,2-4,7-8H2,1H3,(H,20,21). The van der Waals surface area contributed by atoms with Gasteiger partial charge in [-0.3, -0.25) is 4.79 Å². The lowest BCUT2D eigenvalue weighted by Crippen LogP contribution is -2.32. The number of halogens is 3. The molecule has 3 unspecified atom stereocenters. The molecule has 0 radical (unpaired) electrons. The summed E-state index contributed by atoms with van der Waals surface area (Å²) in [6, 6.07) is 2.55. The SMILES string of the molecule is CCC1CCC(C(=O)O)C(Cc2c(F)ccc(Br)c2F)C1. The van der Waals surface area contributed by atoms with Crippen LogP contribution in [-0.2, 0) is 11.2 Å². The van der Waals surface area contributed by atoms with Crippen molar-refractivity contribution in [3.05, 3.63) is 33.8 Å². The summed E-state index contributed by atoms with van der Waals surface area (Å²) >= 11 is 3.06. The summed E-state index contributed by atoms with van der Waals surface area (Å²) in [4.78, 5) is 11.4. The van der Waals surface area contributed by atoms with Crippen LogP contribution in [0.15, 0.2) is 16.6 Å².